The summed E-state index contributed by atoms with van der Waals surface area (Å²) in [4.78, 5) is 17.4. The molecule has 5 rings (SSSR count). The van der Waals surface area contributed by atoms with Crippen molar-refractivity contribution in [3.63, 3.8) is 0 Å². The summed E-state index contributed by atoms with van der Waals surface area (Å²) in [6.45, 7) is 13.4. The lowest BCUT2D eigenvalue weighted by atomic mass is 10.1. The van der Waals surface area contributed by atoms with Gasteiger partial charge in [-0.1, -0.05) is 70.2 Å². The number of benzene rings is 3. The summed E-state index contributed by atoms with van der Waals surface area (Å²) in [6.07, 6.45) is -2.65. The number of hydrogen-bond donors (Lipinski definition) is 1. The van der Waals surface area contributed by atoms with Gasteiger partial charge < -0.3 is 14.4 Å². The third-order valence-electron chi connectivity index (χ3n) is 6.09. The normalized spacial score (nSPS) is 11.6. The second-order valence-electron chi connectivity index (χ2n) is 8.80. The molecule has 4 nitrogen and oxygen atoms in total. The first kappa shape index (κ1) is 34.9. The minimum absolute atomic E-state index is 0.0178. The average Bonchev–Trinajstić information content (AvgIpc) is 3.59. The largest absolute Gasteiger partial charge is 0.416 e. The van der Waals surface area contributed by atoms with Gasteiger partial charge in [0.05, 0.1) is 16.9 Å². The fourth-order valence-electron chi connectivity index (χ4n) is 4.13. The molecule has 0 atom stereocenters. The number of aryl methyl sites for hydroxylation is 2. The third kappa shape index (κ3) is 9.36. The Bertz CT molecular complexity index is 1420. The predicted octanol–water partition coefficient (Wildman–Crippen LogP) is 10.0. The maximum absolute atomic E-state index is 12.1. The van der Waals surface area contributed by atoms with E-state index in [2.05, 4.69) is 65.9 Å². The first-order chi connectivity index (χ1) is 20.2. The van der Waals surface area contributed by atoms with Crippen molar-refractivity contribution in [2.75, 3.05) is 23.2 Å². The number of fused-ring (bicyclic) bond motifs is 1. The molecule has 0 saturated heterocycles. The van der Waals surface area contributed by atoms with E-state index in [1.165, 1.54) is 44.3 Å². The van der Waals surface area contributed by atoms with Crippen LogP contribution in [0.1, 0.15) is 54.8 Å². The van der Waals surface area contributed by atoms with E-state index in [4.69, 9.17) is 4.98 Å². The zero-order valence-electron chi connectivity index (χ0n) is 25.3. The number of thiazole rings is 1. The molecule has 1 N–H and O–H groups in total. The maximum Gasteiger partial charge on any atom is 0.416 e. The second-order valence-corrected chi connectivity index (χ2v) is 11.1. The van der Waals surface area contributed by atoms with Crippen molar-refractivity contribution < 1.29 is 18.0 Å². The number of hydrogen-bond acceptors (Lipinski definition) is 6. The molecule has 4 aromatic rings. The molecule has 0 aliphatic carbocycles. The second kappa shape index (κ2) is 17.0. The molecule has 0 spiro atoms. The molecule has 42 heavy (non-hydrogen) atoms. The van der Waals surface area contributed by atoms with Gasteiger partial charge in [-0.05, 0) is 73.2 Å². The molecule has 0 fully saturated rings. The highest BCUT2D eigenvalue weighted by Crippen LogP contribution is 2.40. The van der Waals surface area contributed by atoms with Crippen LogP contribution in [0.3, 0.4) is 0 Å². The molecule has 1 aliphatic heterocycles. The topological polar surface area (TPSA) is 45.2 Å². The molecule has 2 heterocycles. The summed E-state index contributed by atoms with van der Waals surface area (Å²) in [7, 11) is 1.92. The molecule has 226 valence electrons. The number of rotatable bonds is 6. The molecule has 3 aromatic carbocycles. The van der Waals surface area contributed by atoms with Crippen LogP contribution in [0.2, 0.25) is 0 Å². The van der Waals surface area contributed by atoms with Crippen LogP contribution in [0.25, 0.3) is 11.3 Å². The molecule has 1 aromatic heterocycles. The van der Waals surface area contributed by atoms with Crippen LogP contribution in [0, 0.1) is 13.8 Å². The van der Waals surface area contributed by atoms with Gasteiger partial charge in [-0.3, -0.25) is 0 Å². The number of alkyl halides is 3. The van der Waals surface area contributed by atoms with E-state index in [0.717, 1.165) is 35.9 Å². The Labute approximate surface area is 256 Å². The Morgan fingerprint density at radius 1 is 1.00 bits per heavy atom. The van der Waals surface area contributed by atoms with Crippen LogP contribution in [0.5, 0.6) is 0 Å². The summed E-state index contributed by atoms with van der Waals surface area (Å²) in [5, 5.41) is 4.12. The van der Waals surface area contributed by atoms with Gasteiger partial charge in [-0.2, -0.15) is 13.2 Å². The van der Waals surface area contributed by atoms with Crippen LogP contribution >= 0.6 is 23.3 Å². The smallest absolute Gasteiger partial charge is 0.365 e. The SMILES string of the molecule is CC.CC.CNc1nc(-c2ccc3c(c2)CCN3Sc2ccccc2C)c(C)s1.O=CCc1cccc(C(F)(F)F)c1. The van der Waals surface area contributed by atoms with Gasteiger partial charge in [0, 0.05) is 35.3 Å². The zero-order valence-corrected chi connectivity index (χ0v) is 26.9. The van der Waals surface area contributed by atoms with Gasteiger partial charge in [0.25, 0.3) is 0 Å². The van der Waals surface area contributed by atoms with Crippen LogP contribution < -0.4 is 9.62 Å². The lowest BCUT2D eigenvalue weighted by molar-refractivity contribution is -0.137. The van der Waals surface area contributed by atoms with Gasteiger partial charge in [0.15, 0.2) is 5.13 Å². The molecular weight excluding hydrogens is 576 g/mol. The van der Waals surface area contributed by atoms with E-state index in [9.17, 15) is 18.0 Å². The molecule has 0 saturated carbocycles. The van der Waals surface area contributed by atoms with Crippen LogP contribution in [0.15, 0.2) is 71.6 Å². The highest BCUT2D eigenvalue weighted by atomic mass is 32.2. The summed E-state index contributed by atoms with van der Waals surface area (Å²) in [6, 6.07) is 20.1. The fourth-order valence-corrected chi connectivity index (χ4v) is 5.97. The summed E-state index contributed by atoms with van der Waals surface area (Å²) >= 11 is 3.55. The average molecular weight is 616 g/mol. The van der Waals surface area contributed by atoms with E-state index < -0.39 is 11.7 Å². The molecular formula is C33H40F3N3OS2. The van der Waals surface area contributed by atoms with Gasteiger partial charge in [-0.15, -0.1) is 11.3 Å². The van der Waals surface area contributed by atoms with Crippen LogP contribution in [-0.4, -0.2) is 24.9 Å². The van der Waals surface area contributed by atoms with Gasteiger partial charge in [-0.25, -0.2) is 4.98 Å². The standard InChI is InChI=1S/C20H21N3S2.C9H7F3O.2C2H6/c1-13-6-4-5-7-18(13)25-23-11-10-15-12-16(8-9-17(15)23)19-14(2)24-20(21-3)22-19;10-9(11,12)8-3-1-2-7(6-8)4-5-13;2*1-2/h4-9,12H,10-11H2,1-3H3,(H,21,22);1-3,5-6H,4H2;2*1-2H3. The van der Waals surface area contributed by atoms with Crippen molar-refractivity contribution in [3.05, 3.63) is 93.9 Å². The van der Waals surface area contributed by atoms with E-state index in [1.54, 1.807) is 11.3 Å². The minimum Gasteiger partial charge on any atom is -0.365 e. The molecule has 9 heteroatoms. The first-order valence-electron chi connectivity index (χ1n) is 14.1. The highest BCUT2D eigenvalue weighted by Gasteiger charge is 2.30. The Morgan fingerprint density at radius 2 is 1.71 bits per heavy atom. The van der Waals surface area contributed by atoms with E-state index in [0.29, 0.717) is 11.8 Å². The van der Waals surface area contributed by atoms with Crippen molar-refractivity contribution in [2.45, 2.75) is 65.5 Å². The van der Waals surface area contributed by atoms with Gasteiger partial charge in [0.1, 0.15) is 6.29 Å². The predicted molar refractivity (Wildman–Crippen MR) is 174 cm³/mol. The van der Waals surface area contributed by atoms with E-state index in [-0.39, 0.29) is 6.42 Å². The fraction of sp³-hybridized carbons (Fsp3) is 0.333. The number of aromatic nitrogens is 1. The lowest BCUT2D eigenvalue weighted by Gasteiger charge is -2.19. The quantitative estimate of drug-likeness (QED) is 0.173. The Kier molecular flexibility index (Phi) is 14.1. The van der Waals surface area contributed by atoms with E-state index >= 15 is 0 Å². The van der Waals surface area contributed by atoms with Crippen LogP contribution in [0.4, 0.5) is 24.0 Å². The summed E-state index contributed by atoms with van der Waals surface area (Å²) < 4.78 is 38.8. The summed E-state index contributed by atoms with van der Waals surface area (Å²) in [5.41, 5.74) is 6.06. The monoisotopic (exact) mass is 615 g/mol. The molecule has 0 unspecified atom stereocenters. The lowest BCUT2D eigenvalue weighted by Crippen LogP contribution is -2.10. The minimum atomic E-state index is -4.33. The van der Waals surface area contributed by atoms with Gasteiger partial charge in [0.2, 0.25) is 0 Å². The van der Waals surface area contributed by atoms with Crippen molar-refractivity contribution >= 4 is 40.4 Å². The zero-order chi connectivity index (χ0) is 31.3. The number of aldehydes is 1. The molecule has 0 radical (unpaired) electrons. The molecule has 1 aliphatic rings. The van der Waals surface area contributed by atoms with Crippen molar-refractivity contribution in [3.8, 4) is 11.3 Å². The van der Waals surface area contributed by atoms with E-state index in [1.807, 2.05) is 46.7 Å². The van der Waals surface area contributed by atoms with Crippen molar-refractivity contribution in [1.29, 1.82) is 0 Å². The number of anilines is 2. The van der Waals surface area contributed by atoms with Crippen molar-refractivity contribution in [2.24, 2.45) is 0 Å². The Hall–Kier alpha value is -3.30. The number of carbonyl (C=O) groups excluding carboxylic acids is 1. The van der Waals surface area contributed by atoms with Gasteiger partial charge >= 0.3 is 6.18 Å². The van der Waals surface area contributed by atoms with Crippen molar-refractivity contribution in [1.82, 2.24) is 4.98 Å². The highest BCUT2D eigenvalue weighted by molar-refractivity contribution is 8.00. The first-order valence-corrected chi connectivity index (χ1v) is 15.7. The number of nitrogens with zero attached hydrogens (tertiary/aromatic N) is 2. The van der Waals surface area contributed by atoms with Crippen LogP contribution in [-0.2, 0) is 23.8 Å². The molecule has 0 bridgehead atoms. The maximum atomic E-state index is 12.1. The number of halogens is 3. The Balaban J connectivity index is 0.000000307. The summed E-state index contributed by atoms with van der Waals surface area (Å²) in [5.74, 6) is 0. The third-order valence-corrected chi connectivity index (χ3v) is 8.33. The molecule has 0 amide bonds. The number of nitrogens with one attached hydrogen (secondary N) is 1. The number of carbonyl (C=O) groups is 1. The Morgan fingerprint density at radius 3 is 2.33 bits per heavy atom.